The normalized spacial score (nSPS) is 18.5. The summed E-state index contributed by atoms with van der Waals surface area (Å²) in [6.07, 6.45) is 3.03. The molecule has 1 aliphatic rings. The highest BCUT2D eigenvalue weighted by atomic mass is 32.2. The standard InChI is InChI=1S/C13H16O4S/c1-17-11-4-6-12(7-5-11)18(15,16)13(10-14)8-2-3-9-13/h4-7,10H,2-3,8-9H2,1H3. The summed E-state index contributed by atoms with van der Waals surface area (Å²) in [6.45, 7) is 0. The summed E-state index contributed by atoms with van der Waals surface area (Å²) in [5.41, 5.74) is 0. The number of aldehydes is 1. The fourth-order valence-corrected chi connectivity index (χ4v) is 4.33. The molecule has 0 spiro atoms. The first kappa shape index (κ1) is 13.1. The number of carbonyl (C=O) groups excluding carboxylic acids is 1. The van der Waals surface area contributed by atoms with E-state index in [9.17, 15) is 13.2 Å². The lowest BCUT2D eigenvalue weighted by Crippen LogP contribution is -2.37. The van der Waals surface area contributed by atoms with E-state index in [-0.39, 0.29) is 4.90 Å². The molecule has 1 aliphatic carbocycles. The van der Waals surface area contributed by atoms with Crippen molar-refractivity contribution in [1.82, 2.24) is 0 Å². The molecular formula is C13H16O4S. The molecule has 0 bridgehead atoms. The van der Waals surface area contributed by atoms with Crippen LogP contribution in [0.15, 0.2) is 29.2 Å². The van der Waals surface area contributed by atoms with Gasteiger partial charge in [0.05, 0.1) is 12.0 Å². The molecule has 1 aromatic carbocycles. The molecule has 5 heteroatoms. The molecular weight excluding hydrogens is 252 g/mol. The Morgan fingerprint density at radius 3 is 2.17 bits per heavy atom. The van der Waals surface area contributed by atoms with E-state index in [2.05, 4.69) is 0 Å². The molecule has 1 fully saturated rings. The van der Waals surface area contributed by atoms with Crippen molar-refractivity contribution in [1.29, 1.82) is 0 Å². The van der Waals surface area contributed by atoms with E-state index < -0.39 is 14.6 Å². The Balaban J connectivity index is 2.43. The maximum absolute atomic E-state index is 12.5. The van der Waals surface area contributed by atoms with Crippen LogP contribution in [0.4, 0.5) is 0 Å². The Kier molecular flexibility index (Phi) is 3.43. The second-order valence-corrected chi connectivity index (χ2v) is 6.86. The van der Waals surface area contributed by atoms with E-state index in [0.29, 0.717) is 24.9 Å². The number of sulfone groups is 1. The monoisotopic (exact) mass is 268 g/mol. The van der Waals surface area contributed by atoms with Crippen molar-refractivity contribution in [3.8, 4) is 5.75 Å². The second kappa shape index (κ2) is 4.72. The summed E-state index contributed by atoms with van der Waals surface area (Å²) in [5.74, 6) is 0.598. The van der Waals surface area contributed by atoms with Crippen LogP contribution in [0.2, 0.25) is 0 Å². The van der Waals surface area contributed by atoms with Crippen molar-refractivity contribution in [2.24, 2.45) is 0 Å². The molecule has 98 valence electrons. The van der Waals surface area contributed by atoms with Crippen molar-refractivity contribution in [2.75, 3.05) is 7.11 Å². The molecule has 1 aromatic rings. The molecule has 2 rings (SSSR count). The predicted molar refractivity (Wildman–Crippen MR) is 67.4 cm³/mol. The Labute approximate surface area is 107 Å². The summed E-state index contributed by atoms with van der Waals surface area (Å²) in [5, 5.41) is 0. The SMILES string of the molecule is COc1ccc(S(=O)(=O)C2(C=O)CCCC2)cc1. The number of rotatable bonds is 4. The van der Waals surface area contributed by atoms with E-state index in [1.54, 1.807) is 12.1 Å². The van der Waals surface area contributed by atoms with Gasteiger partial charge in [-0.3, -0.25) is 0 Å². The highest BCUT2D eigenvalue weighted by molar-refractivity contribution is 7.93. The van der Waals surface area contributed by atoms with E-state index in [1.807, 2.05) is 0 Å². The highest BCUT2D eigenvalue weighted by Crippen LogP contribution is 2.39. The van der Waals surface area contributed by atoms with E-state index in [1.165, 1.54) is 19.2 Å². The van der Waals surface area contributed by atoms with Gasteiger partial charge in [-0.05, 0) is 37.1 Å². The number of hydrogen-bond acceptors (Lipinski definition) is 4. The van der Waals surface area contributed by atoms with Crippen LogP contribution in [0.3, 0.4) is 0 Å². The van der Waals surface area contributed by atoms with Gasteiger partial charge in [0.25, 0.3) is 0 Å². The number of methoxy groups -OCH3 is 1. The molecule has 0 N–H and O–H groups in total. The molecule has 18 heavy (non-hydrogen) atoms. The van der Waals surface area contributed by atoms with Crippen LogP contribution < -0.4 is 4.74 Å². The van der Waals surface area contributed by atoms with Crippen LogP contribution in [0.5, 0.6) is 5.75 Å². The average Bonchev–Trinajstić information content (AvgIpc) is 2.89. The summed E-state index contributed by atoms with van der Waals surface area (Å²) in [4.78, 5) is 11.5. The predicted octanol–water partition coefficient (Wildman–Crippen LogP) is 1.98. The third kappa shape index (κ3) is 1.92. The molecule has 0 amide bonds. The molecule has 0 heterocycles. The van der Waals surface area contributed by atoms with Crippen LogP contribution in [0, 0.1) is 0 Å². The summed E-state index contributed by atoms with van der Waals surface area (Å²) < 4.78 is 28.8. The van der Waals surface area contributed by atoms with Crippen molar-refractivity contribution < 1.29 is 17.9 Å². The van der Waals surface area contributed by atoms with Gasteiger partial charge in [0.1, 0.15) is 16.8 Å². The minimum atomic E-state index is -3.60. The Bertz CT molecular complexity index is 525. The summed E-state index contributed by atoms with van der Waals surface area (Å²) in [6, 6.07) is 6.19. The highest BCUT2D eigenvalue weighted by Gasteiger charge is 2.46. The quantitative estimate of drug-likeness (QED) is 0.783. The van der Waals surface area contributed by atoms with Gasteiger partial charge >= 0.3 is 0 Å². The fraction of sp³-hybridized carbons (Fsp3) is 0.462. The first-order valence-electron chi connectivity index (χ1n) is 5.91. The summed E-state index contributed by atoms with van der Waals surface area (Å²) in [7, 11) is -2.08. The second-order valence-electron chi connectivity index (χ2n) is 4.57. The number of ether oxygens (including phenoxy) is 1. The Morgan fingerprint density at radius 1 is 1.17 bits per heavy atom. The number of carbonyl (C=O) groups is 1. The molecule has 0 atom stereocenters. The maximum Gasteiger partial charge on any atom is 0.190 e. The zero-order valence-corrected chi connectivity index (χ0v) is 11.1. The number of benzene rings is 1. The van der Waals surface area contributed by atoms with E-state index >= 15 is 0 Å². The lowest BCUT2D eigenvalue weighted by atomic mass is 10.1. The Hall–Kier alpha value is -1.36. The van der Waals surface area contributed by atoms with Crippen molar-refractivity contribution in [2.45, 2.75) is 35.3 Å². The zero-order chi connectivity index (χ0) is 13.2. The van der Waals surface area contributed by atoms with Crippen LogP contribution in [-0.4, -0.2) is 26.6 Å². The van der Waals surface area contributed by atoms with Crippen LogP contribution in [0.1, 0.15) is 25.7 Å². The third-order valence-corrected chi connectivity index (χ3v) is 6.04. The van der Waals surface area contributed by atoms with Gasteiger partial charge in [-0.2, -0.15) is 0 Å². The maximum atomic E-state index is 12.5. The molecule has 0 saturated heterocycles. The largest absolute Gasteiger partial charge is 0.497 e. The smallest absolute Gasteiger partial charge is 0.190 e. The average molecular weight is 268 g/mol. The molecule has 1 saturated carbocycles. The lowest BCUT2D eigenvalue weighted by molar-refractivity contribution is -0.109. The third-order valence-electron chi connectivity index (χ3n) is 3.57. The van der Waals surface area contributed by atoms with Gasteiger partial charge in [-0.15, -0.1) is 0 Å². The Morgan fingerprint density at radius 2 is 1.72 bits per heavy atom. The van der Waals surface area contributed by atoms with Gasteiger partial charge in [0, 0.05) is 0 Å². The topological polar surface area (TPSA) is 60.4 Å². The van der Waals surface area contributed by atoms with Crippen LogP contribution in [-0.2, 0) is 14.6 Å². The van der Waals surface area contributed by atoms with Crippen LogP contribution >= 0.6 is 0 Å². The van der Waals surface area contributed by atoms with Gasteiger partial charge in [0.2, 0.25) is 0 Å². The van der Waals surface area contributed by atoms with Gasteiger partial charge in [0.15, 0.2) is 9.84 Å². The molecule has 0 unspecified atom stereocenters. The first-order chi connectivity index (χ1) is 8.55. The molecule has 0 aliphatic heterocycles. The first-order valence-corrected chi connectivity index (χ1v) is 7.39. The van der Waals surface area contributed by atoms with Gasteiger partial charge < -0.3 is 9.53 Å². The van der Waals surface area contributed by atoms with Crippen LogP contribution in [0.25, 0.3) is 0 Å². The minimum absolute atomic E-state index is 0.192. The summed E-state index contributed by atoms with van der Waals surface area (Å²) >= 11 is 0. The van der Waals surface area contributed by atoms with E-state index in [0.717, 1.165) is 12.8 Å². The fourth-order valence-electron chi connectivity index (χ4n) is 2.41. The van der Waals surface area contributed by atoms with Crippen molar-refractivity contribution >= 4 is 16.1 Å². The molecule has 0 aromatic heterocycles. The minimum Gasteiger partial charge on any atom is -0.497 e. The number of hydrogen-bond donors (Lipinski definition) is 0. The zero-order valence-electron chi connectivity index (χ0n) is 10.3. The van der Waals surface area contributed by atoms with E-state index in [4.69, 9.17) is 4.74 Å². The molecule has 4 nitrogen and oxygen atoms in total. The molecule has 0 radical (unpaired) electrons. The van der Waals surface area contributed by atoms with Crippen molar-refractivity contribution in [3.05, 3.63) is 24.3 Å². The van der Waals surface area contributed by atoms with Gasteiger partial charge in [-0.1, -0.05) is 12.8 Å². The lowest BCUT2D eigenvalue weighted by Gasteiger charge is -2.22. The van der Waals surface area contributed by atoms with Crippen molar-refractivity contribution in [3.63, 3.8) is 0 Å². The van der Waals surface area contributed by atoms with Gasteiger partial charge in [-0.25, -0.2) is 8.42 Å².